The number of nitrogens with zero attached hydrogens (tertiary/aromatic N) is 1. The first-order valence-corrected chi connectivity index (χ1v) is 11.1. The second-order valence-electron chi connectivity index (χ2n) is 6.24. The summed E-state index contributed by atoms with van der Waals surface area (Å²) in [5.74, 6) is -0.445. The van der Waals surface area contributed by atoms with Crippen molar-refractivity contribution >= 4 is 19.9 Å². The van der Waals surface area contributed by atoms with E-state index >= 15 is 0 Å². The van der Waals surface area contributed by atoms with Gasteiger partial charge in [-0.05, 0) is 30.5 Å². The summed E-state index contributed by atoms with van der Waals surface area (Å²) in [5, 5.41) is -1.05. The maximum Gasteiger partial charge on any atom is 0.416 e. The van der Waals surface area contributed by atoms with Crippen molar-refractivity contribution in [2.45, 2.75) is 36.1 Å². The van der Waals surface area contributed by atoms with Gasteiger partial charge in [0.15, 0.2) is 9.84 Å². The van der Waals surface area contributed by atoms with Gasteiger partial charge in [-0.25, -0.2) is 21.1 Å². The van der Waals surface area contributed by atoms with Crippen LogP contribution in [0.4, 0.5) is 13.2 Å². The molecule has 0 spiro atoms. The molecule has 1 aromatic rings. The Balaban J connectivity index is 2.43. The summed E-state index contributed by atoms with van der Waals surface area (Å²) in [6, 6.07) is 3.59. The normalized spacial score (nSPS) is 23.1. The third-order valence-electron chi connectivity index (χ3n) is 4.36. The third-order valence-corrected chi connectivity index (χ3v) is 7.84. The molecule has 25 heavy (non-hydrogen) atoms. The number of hydrogen-bond donors (Lipinski definition) is 0. The van der Waals surface area contributed by atoms with E-state index in [4.69, 9.17) is 0 Å². The molecule has 2 rings (SSSR count). The largest absolute Gasteiger partial charge is 0.416 e. The Hall–Kier alpha value is -1.13. The van der Waals surface area contributed by atoms with Crippen LogP contribution in [0.25, 0.3) is 0 Å². The average Bonchev–Trinajstić information content (AvgIpc) is 2.92. The lowest BCUT2D eigenvalue weighted by atomic mass is 10.0. The fourth-order valence-electron chi connectivity index (χ4n) is 3.10. The Morgan fingerprint density at radius 2 is 1.80 bits per heavy atom. The molecular formula is C15H20F3NO4S2. The van der Waals surface area contributed by atoms with Crippen molar-refractivity contribution in [2.75, 3.05) is 19.3 Å². The van der Waals surface area contributed by atoms with Crippen LogP contribution in [-0.4, -0.2) is 45.7 Å². The van der Waals surface area contributed by atoms with E-state index in [2.05, 4.69) is 0 Å². The molecular weight excluding hydrogens is 379 g/mol. The number of sulfone groups is 1. The molecule has 1 fully saturated rings. The van der Waals surface area contributed by atoms with Gasteiger partial charge in [-0.1, -0.05) is 19.4 Å². The first kappa shape index (κ1) is 20.2. The van der Waals surface area contributed by atoms with Gasteiger partial charge in [-0.3, -0.25) is 0 Å². The van der Waals surface area contributed by atoms with Crippen LogP contribution in [0, 0.1) is 5.92 Å². The molecule has 0 aromatic heterocycles. The minimum Gasteiger partial charge on any atom is -0.223 e. The van der Waals surface area contributed by atoms with Crippen LogP contribution in [0.5, 0.6) is 0 Å². The van der Waals surface area contributed by atoms with E-state index in [1.54, 1.807) is 0 Å². The number of rotatable bonds is 5. The van der Waals surface area contributed by atoms with Gasteiger partial charge in [0.25, 0.3) is 0 Å². The molecule has 0 aliphatic carbocycles. The SMILES string of the molecule is CCC[C@@H]1CN(S(C)(=O)=O)CC1S(=O)(=O)c1cccc(C(F)(F)F)c1. The number of hydrogen-bond acceptors (Lipinski definition) is 4. The second-order valence-corrected chi connectivity index (χ2v) is 10.4. The molecule has 0 N–H and O–H groups in total. The zero-order valence-electron chi connectivity index (χ0n) is 13.8. The summed E-state index contributed by atoms with van der Waals surface area (Å²) in [6.07, 6.45) is -2.52. The van der Waals surface area contributed by atoms with E-state index in [9.17, 15) is 30.0 Å². The summed E-state index contributed by atoms with van der Waals surface area (Å²) >= 11 is 0. The van der Waals surface area contributed by atoms with Crippen LogP contribution in [-0.2, 0) is 26.0 Å². The van der Waals surface area contributed by atoms with Crippen molar-refractivity contribution in [1.29, 1.82) is 0 Å². The van der Waals surface area contributed by atoms with Crippen molar-refractivity contribution in [3.05, 3.63) is 29.8 Å². The first-order valence-electron chi connectivity index (χ1n) is 7.73. The van der Waals surface area contributed by atoms with Gasteiger partial charge in [-0.2, -0.15) is 13.2 Å². The molecule has 1 aromatic carbocycles. The number of benzene rings is 1. The molecule has 1 aliphatic heterocycles. The lowest BCUT2D eigenvalue weighted by Crippen LogP contribution is -2.32. The predicted octanol–water partition coefficient (Wildman–Crippen LogP) is 2.54. The lowest BCUT2D eigenvalue weighted by Gasteiger charge is -2.19. The lowest BCUT2D eigenvalue weighted by molar-refractivity contribution is -0.137. The predicted molar refractivity (Wildman–Crippen MR) is 87.2 cm³/mol. The molecule has 5 nitrogen and oxygen atoms in total. The molecule has 0 bridgehead atoms. The molecule has 1 unspecified atom stereocenters. The van der Waals surface area contributed by atoms with Crippen LogP contribution < -0.4 is 0 Å². The minimum absolute atomic E-state index is 0.0650. The monoisotopic (exact) mass is 399 g/mol. The zero-order chi connectivity index (χ0) is 19.0. The quantitative estimate of drug-likeness (QED) is 0.763. The molecule has 0 amide bonds. The zero-order valence-corrected chi connectivity index (χ0v) is 15.5. The second kappa shape index (κ2) is 6.88. The average molecular weight is 399 g/mol. The van der Waals surface area contributed by atoms with E-state index < -0.39 is 47.7 Å². The Labute approximate surface area is 145 Å². The van der Waals surface area contributed by atoms with Crippen LogP contribution >= 0.6 is 0 Å². The topological polar surface area (TPSA) is 71.5 Å². The van der Waals surface area contributed by atoms with Crippen molar-refractivity contribution in [3.63, 3.8) is 0 Å². The molecule has 1 heterocycles. The number of alkyl halides is 3. The fraction of sp³-hybridized carbons (Fsp3) is 0.600. The van der Waals surface area contributed by atoms with Gasteiger partial charge in [0.1, 0.15) is 0 Å². The van der Waals surface area contributed by atoms with E-state index in [0.717, 1.165) is 28.8 Å². The molecule has 2 atom stereocenters. The van der Waals surface area contributed by atoms with Crippen LogP contribution in [0.2, 0.25) is 0 Å². The van der Waals surface area contributed by atoms with Crippen LogP contribution in [0.15, 0.2) is 29.2 Å². The summed E-state index contributed by atoms with van der Waals surface area (Å²) in [7, 11) is -7.66. The number of halogens is 3. The van der Waals surface area contributed by atoms with Gasteiger partial charge in [-0.15, -0.1) is 0 Å². The molecule has 1 aliphatic rings. The highest BCUT2D eigenvalue weighted by molar-refractivity contribution is 7.92. The van der Waals surface area contributed by atoms with Crippen LogP contribution in [0.1, 0.15) is 25.3 Å². The molecule has 10 heteroatoms. The van der Waals surface area contributed by atoms with Gasteiger partial charge in [0.2, 0.25) is 10.0 Å². The fourth-order valence-corrected chi connectivity index (χ4v) is 6.10. The van der Waals surface area contributed by atoms with Gasteiger partial charge in [0, 0.05) is 13.1 Å². The van der Waals surface area contributed by atoms with E-state index in [1.165, 1.54) is 0 Å². The molecule has 1 saturated heterocycles. The Morgan fingerprint density at radius 3 is 2.32 bits per heavy atom. The Kier molecular flexibility index (Phi) is 5.56. The minimum atomic E-state index is -4.65. The van der Waals surface area contributed by atoms with E-state index in [0.29, 0.717) is 18.9 Å². The maximum atomic E-state index is 12.9. The van der Waals surface area contributed by atoms with Crippen molar-refractivity contribution in [1.82, 2.24) is 4.31 Å². The molecule has 0 saturated carbocycles. The van der Waals surface area contributed by atoms with Gasteiger partial charge in [0.05, 0.1) is 22.0 Å². The van der Waals surface area contributed by atoms with Crippen molar-refractivity contribution < 1.29 is 30.0 Å². The Bertz CT molecular complexity index is 835. The third kappa shape index (κ3) is 4.35. The standard InChI is InChI=1S/C15H20F3NO4S2/c1-3-5-11-9-19(24(2,20)21)10-14(11)25(22,23)13-7-4-6-12(8-13)15(16,17)18/h4,6-8,11,14H,3,5,9-10H2,1-2H3/t11-,14?/m1/s1. The maximum absolute atomic E-state index is 12.9. The summed E-state index contributed by atoms with van der Waals surface area (Å²) < 4.78 is 89.0. The van der Waals surface area contributed by atoms with Crippen molar-refractivity contribution in [2.24, 2.45) is 5.92 Å². The smallest absolute Gasteiger partial charge is 0.223 e. The van der Waals surface area contributed by atoms with E-state index in [1.807, 2.05) is 6.92 Å². The molecule has 142 valence electrons. The Morgan fingerprint density at radius 1 is 1.16 bits per heavy atom. The van der Waals surface area contributed by atoms with Gasteiger partial charge < -0.3 is 0 Å². The summed E-state index contributed by atoms with van der Waals surface area (Å²) in [4.78, 5) is -0.427. The highest BCUT2D eigenvalue weighted by atomic mass is 32.2. The summed E-state index contributed by atoms with van der Waals surface area (Å²) in [6.45, 7) is 1.68. The van der Waals surface area contributed by atoms with Crippen molar-refractivity contribution in [3.8, 4) is 0 Å². The van der Waals surface area contributed by atoms with E-state index in [-0.39, 0.29) is 13.1 Å². The molecule has 0 radical (unpaired) electrons. The highest BCUT2D eigenvalue weighted by Crippen LogP contribution is 2.35. The van der Waals surface area contributed by atoms with Crippen LogP contribution in [0.3, 0.4) is 0 Å². The number of sulfonamides is 1. The first-order chi connectivity index (χ1) is 11.4. The van der Waals surface area contributed by atoms with Gasteiger partial charge >= 0.3 is 6.18 Å². The highest BCUT2D eigenvalue weighted by Gasteiger charge is 2.44. The summed E-state index contributed by atoms with van der Waals surface area (Å²) in [5.41, 5.74) is -1.04.